The molecule has 1 unspecified atom stereocenters. The lowest BCUT2D eigenvalue weighted by atomic mass is 10.1. The summed E-state index contributed by atoms with van der Waals surface area (Å²) in [5, 5.41) is 18.9. The quantitative estimate of drug-likeness (QED) is 0.884. The molecule has 0 saturated heterocycles. The summed E-state index contributed by atoms with van der Waals surface area (Å²) in [5.41, 5.74) is 0.371. The number of nitrogens with one attached hydrogen (secondary N) is 1. The average molecular weight is 261 g/mol. The zero-order valence-corrected chi connectivity index (χ0v) is 10.2. The molecule has 0 fully saturated rings. The van der Waals surface area contributed by atoms with Crippen molar-refractivity contribution in [2.75, 3.05) is 5.32 Å². The normalized spacial score (nSPS) is 11.9. The predicted molar refractivity (Wildman–Crippen MR) is 67.4 cm³/mol. The van der Waals surface area contributed by atoms with E-state index in [0.29, 0.717) is 11.4 Å². The summed E-state index contributed by atoms with van der Waals surface area (Å²) in [5.74, 6) is -1.06. The van der Waals surface area contributed by atoms with Crippen LogP contribution in [0.5, 0.6) is 0 Å². The van der Waals surface area contributed by atoms with Gasteiger partial charge in [-0.3, -0.25) is 0 Å². The maximum Gasteiger partial charge on any atom is 0.356 e. The molecule has 5 nitrogen and oxygen atoms in total. The fraction of sp³-hybridized carbons (Fsp3) is 0.154. The maximum atomic E-state index is 13.6. The number of hydrogen-bond donors (Lipinski definition) is 2. The van der Waals surface area contributed by atoms with Crippen LogP contribution >= 0.6 is 0 Å². The summed E-state index contributed by atoms with van der Waals surface area (Å²) in [4.78, 5) is 10.6. The molecule has 0 radical (unpaired) electrons. The molecule has 2 rings (SSSR count). The first-order chi connectivity index (χ1) is 9.08. The Balaban J connectivity index is 2.13. The first kappa shape index (κ1) is 12.9. The highest BCUT2D eigenvalue weighted by Gasteiger charge is 2.11. The molecule has 0 amide bonds. The minimum atomic E-state index is -1.14. The molecule has 1 heterocycles. The first-order valence-electron chi connectivity index (χ1n) is 5.66. The van der Waals surface area contributed by atoms with Crippen LogP contribution in [-0.4, -0.2) is 21.3 Å². The molecule has 1 atom stereocenters. The van der Waals surface area contributed by atoms with Crippen molar-refractivity contribution < 1.29 is 14.3 Å². The van der Waals surface area contributed by atoms with E-state index in [-0.39, 0.29) is 17.6 Å². The lowest BCUT2D eigenvalue weighted by Crippen LogP contribution is -2.11. The molecule has 0 aliphatic rings. The number of halogens is 1. The summed E-state index contributed by atoms with van der Waals surface area (Å²) >= 11 is 0. The molecule has 1 aromatic carbocycles. The number of carbonyl (C=O) groups is 1. The Hall–Kier alpha value is -2.50. The largest absolute Gasteiger partial charge is 0.476 e. The number of aromatic carboxylic acids is 1. The maximum absolute atomic E-state index is 13.6. The topological polar surface area (TPSA) is 75.1 Å². The van der Waals surface area contributed by atoms with E-state index in [2.05, 4.69) is 15.5 Å². The van der Waals surface area contributed by atoms with E-state index in [4.69, 9.17) is 5.11 Å². The second-order valence-electron chi connectivity index (χ2n) is 4.00. The van der Waals surface area contributed by atoms with Crippen LogP contribution in [0.25, 0.3) is 0 Å². The number of aromatic nitrogens is 2. The second-order valence-corrected chi connectivity index (χ2v) is 4.00. The number of anilines is 1. The van der Waals surface area contributed by atoms with Gasteiger partial charge in [0.05, 0.1) is 6.04 Å². The van der Waals surface area contributed by atoms with Gasteiger partial charge >= 0.3 is 5.97 Å². The summed E-state index contributed by atoms with van der Waals surface area (Å²) in [6.45, 7) is 1.78. The smallest absolute Gasteiger partial charge is 0.356 e. The van der Waals surface area contributed by atoms with Crippen molar-refractivity contribution in [3.05, 3.63) is 53.5 Å². The van der Waals surface area contributed by atoms with E-state index in [9.17, 15) is 9.18 Å². The fourth-order valence-corrected chi connectivity index (χ4v) is 1.65. The van der Waals surface area contributed by atoms with Crippen molar-refractivity contribution in [2.45, 2.75) is 13.0 Å². The highest BCUT2D eigenvalue weighted by Crippen LogP contribution is 2.19. The van der Waals surface area contributed by atoms with Gasteiger partial charge in [0, 0.05) is 5.56 Å². The van der Waals surface area contributed by atoms with Crippen LogP contribution < -0.4 is 5.32 Å². The van der Waals surface area contributed by atoms with Crippen LogP contribution in [0.15, 0.2) is 36.4 Å². The number of carboxylic acids is 1. The number of rotatable bonds is 4. The lowest BCUT2D eigenvalue weighted by molar-refractivity contribution is 0.0689. The Bertz CT molecular complexity index is 587. The summed E-state index contributed by atoms with van der Waals surface area (Å²) in [6.07, 6.45) is 0. The Morgan fingerprint density at radius 2 is 2.00 bits per heavy atom. The Labute approximate surface area is 109 Å². The molecule has 0 aliphatic carbocycles. The molecule has 98 valence electrons. The van der Waals surface area contributed by atoms with Crippen LogP contribution in [0.2, 0.25) is 0 Å². The Morgan fingerprint density at radius 1 is 1.26 bits per heavy atom. The van der Waals surface area contributed by atoms with Gasteiger partial charge in [-0.25, -0.2) is 9.18 Å². The van der Waals surface area contributed by atoms with E-state index >= 15 is 0 Å². The van der Waals surface area contributed by atoms with Crippen LogP contribution in [0.1, 0.15) is 29.0 Å². The van der Waals surface area contributed by atoms with E-state index in [1.165, 1.54) is 18.2 Å². The van der Waals surface area contributed by atoms with Gasteiger partial charge in [0.2, 0.25) is 0 Å². The van der Waals surface area contributed by atoms with Crippen molar-refractivity contribution in [1.82, 2.24) is 10.2 Å². The highest BCUT2D eigenvalue weighted by molar-refractivity contribution is 5.85. The van der Waals surface area contributed by atoms with Gasteiger partial charge in [0.1, 0.15) is 11.6 Å². The molecular formula is C13H12FN3O2. The summed E-state index contributed by atoms with van der Waals surface area (Å²) in [7, 11) is 0. The third kappa shape index (κ3) is 3.04. The number of nitrogens with zero attached hydrogens (tertiary/aromatic N) is 2. The molecular weight excluding hydrogens is 249 g/mol. The number of carboxylic acid groups (broad SMARTS) is 1. The zero-order chi connectivity index (χ0) is 13.8. The third-order valence-electron chi connectivity index (χ3n) is 2.62. The van der Waals surface area contributed by atoms with Gasteiger partial charge in [-0.05, 0) is 25.1 Å². The molecule has 2 N–H and O–H groups in total. The number of benzene rings is 1. The van der Waals surface area contributed by atoms with Gasteiger partial charge < -0.3 is 10.4 Å². The predicted octanol–water partition coefficient (Wildman–Crippen LogP) is 2.49. The molecule has 0 bridgehead atoms. The van der Waals surface area contributed by atoms with Crippen molar-refractivity contribution in [1.29, 1.82) is 0 Å². The summed E-state index contributed by atoms with van der Waals surface area (Å²) < 4.78 is 13.6. The fourth-order valence-electron chi connectivity index (χ4n) is 1.65. The van der Waals surface area contributed by atoms with E-state index in [1.54, 1.807) is 25.1 Å². The van der Waals surface area contributed by atoms with Gasteiger partial charge in [0.25, 0.3) is 0 Å². The third-order valence-corrected chi connectivity index (χ3v) is 2.62. The van der Waals surface area contributed by atoms with Gasteiger partial charge in [-0.1, -0.05) is 18.2 Å². The molecule has 1 aromatic heterocycles. The van der Waals surface area contributed by atoms with E-state index in [1.807, 2.05) is 0 Å². The van der Waals surface area contributed by atoms with Crippen molar-refractivity contribution in [2.24, 2.45) is 0 Å². The number of hydrogen-bond acceptors (Lipinski definition) is 4. The monoisotopic (exact) mass is 261 g/mol. The Kier molecular flexibility index (Phi) is 3.70. The molecule has 19 heavy (non-hydrogen) atoms. The molecule has 6 heteroatoms. The van der Waals surface area contributed by atoms with Crippen LogP contribution in [0.3, 0.4) is 0 Å². The standard InChI is InChI=1S/C13H12FN3O2/c1-8(9-4-2-3-5-10(9)14)15-12-7-6-11(13(18)19)16-17-12/h2-8H,1H3,(H,15,17)(H,18,19). The van der Waals surface area contributed by atoms with Crippen molar-refractivity contribution in [3.63, 3.8) is 0 Å². The zero-order valence-electron chi connectivity index (χ0n) is 10.2. The van der Waals surface area contributed by atoms with Crippen molar-refractivity contribution >= 4 is 11.8 Å². The van der Waals surface area contributed by atoms with Gasteiger partial charge in [-0.2, -0.15) is 0 Å². The van der Waals surface area contributed by atoms with Crippen molar-refractivity contribution in [3.8, 4) is 0 Å². The van der Waals surface area contributed by atoms with Gasteiger partial charge in [0.15, 0.2) is 5.69 Å². The van der Waals surface area contributed by atoms with Crippen LogP contribution in [0.4, 0.5) is 10.2 Å². The molecule has 0 saturated carbocycles. The van der Waals surface area contributed by atoms with Gasteiger partial charge in [-0.15, -0.1) is 10.2 Å². The molecule has 0 aliphatic heterocycles. The molecule has 0 spiro atoms. The average Bonchev–Trinajstić information content (AvgIpc) is 2.39. The lowest BCUT2D eigenvalue weighted by Gasteiger charge is -2.15. The highest BCUT2D eigenvalue weighted by atomic mass is 19.1. The first-order valence-corrected chi connectivity index (χ1v) is 5.66. The van der Waals surface area contributed by atoms with Crippen LogP contribution in [-0.2, 0) is 0 Å². The van der Waals surface area contributed by atoms with E-state index in [0.717, 1.165) is 0 Å². The van der Waals surface area contributed by atoms with Crippen LogP contribution in [0, 0.1) is 5.82 Å². The minimum absolute atomic E-state index is 0.135. The Morgan fingerprint density at radius 3 is 2.58 bits per heavy atom. The van der Waals surface area contributed by atoms with E-state index < -0.39 is 5.97 Å². The molecule has 2 aromatic rings. The second kappa shape index (κ2) is 5.43. The minimum Gasteiger partial charge on any atom is -0.476 e. The summed E-state index contributed by atoms with van der Waals surface area (Å²) in [6, 6.07) is 8.95. The SMILES string of the molecule is CC(Nc1ccc(C(=O)O)nn1)c1ccccc1F.